The number of nitrogens with zero attached hydrogens (tertiary/aromatic N) is 3. The fourth-order valence-electron chi connectivity index (χ4n) is 3.25. The number of halogens is 3. The van der Waals surface area contributed by atoms with Crippen molar-refractivity contribution in [2.45, 2.75) is 38.4 Å². The summed E-state index contributed by atoms with van der Waals surface area (Å²) in [5, 5.41) is 0. The Kier molecular flexibility index (Phi) is 6.09. The van der Waals surface area contributed by atoms with E-state index in [2.05, 4.69) is 9.82 Å². The van der Waals surface area contributed by atoms with Gasteiger partial charge in [-0.2, -0.15) is 17.9 Å². The summed E-state index contributed by atoms with van der Waals surface area (Å²) in [5.41, 5.74) is 0.787. The zero-order valence-electron chi connectivity index (χ0n) is 15.7. The number of hydrogen-bond donors (Lipinski definition) is 0. The van der Waals surface area contributed by atoms with Crippen LogP contribution in [0.1, 0.15) is 37.2 Å². The summed E-state index contributed by atoms with van der Waals surface area (Å²) < 4.78 is 43.7. The smallest absolute Gasteiger partial charge is 0.484 e. The normalized spacial score (nSPS) is 16.3. The summed E-state index contributed by atoms with van der Waals surface area (Å²) in [5.74, 6) is -2.01. The number of alkyl halides is 3. The molecule has 0 saturated heterocycles. The minimum absolute atomic E-state index is 0.163. The number of carbonyl (C=O) groups is 2. The second kappa shape index (κ2) is 8.54. The quantitative estimate of drug-likeness (QED) is 0.731. The minimum atomic E-state index is -5.11. The topological polar surface area (TPSA) is 73.7 Å². The molecular weight excluding hydrogens is 391 g/mol. The Hall–Kier alpha value is -3.04. The van der Waals surface area contributed by atoms with Gasteiger partial charge in [0.25, 0.3) is 5.91 Å². The molecule has 1 aromatic heterocycles. The third-order valence-corrected chi connectivity index (χ3v) is 4.55. The molecule has 0 radical (unpaired) electrons. The van der Waals surface area contributed by atoms with Crippen molar-refractivity contribution in [3.8, 4) is 5.75 Å². The number of hydrogen-bond acceptors (Lipinski definition) is 5. The molecule has 29 heavy (non-hydrogen) atoms. The largest absolute Gasteiger partial charge is 0.493 e. The molecule has 0 saturated carbocycles. The van der Waals surface area contributed by atoms with Crippen molar-refractivity contribution in [1.29, 1.82) is 0 Å². The monoisotopic (exact) mass is 411 g/mol. The lowest BCUT2D eigenvalue weighted by atomic mass is 9.98. The van der Waals surface area contributed by atoms with E-state index >= 15 is 0 Å². The molecule has 156 valence electrons. The summed E-state index contributed by atoms with van der Waals surface area (Å²) in [6.07, 6.45) is -2.58. The van der Waals surface area contributed by atoms with Crippen molar-refractivity contribution in [3.05, 3.63) is 48.0 Å². The molecule has 1 aliphatic heterocycles. The molecule has 2 aromatic rings. The highest BCUT2D eigenvalue weighted by Crippen LogP contribution is 2.32. The van der Waals surface area contributed by atoms with Gasteiger partial charge >= 0.3 is 12.1 Å². The van der Waals surface area contributed by atoms with Crippen molar-refractivity contribution in [3.63, 3.8) is 0 Å². The van der Waals surface area contributed by atoms with Gasteiger partial charge in [-0.1, -0.05) is 31.5 Å². The Morgan fingerprint density at radius 2 is 1.97 bits per heavy atom. The molecule has 0 bridgehead atoms. The predicted octanol–water partition coefficient (Wildman–Crippen LogP) is 2.71. The molecular formula is C19H20F3N3O4. The Balaban J connectivity index is 1.74. The van der Waals surface area contributed by atoms with E-state index < -0.39 is 18.2 Å². The van der Waals surface area contributed by atoms with E-state index in [0.29, 0.717) is 23.6 Å². The average Bonchev–Trinajstić information content (AvgIpc) is 3.10. The van der Waals surface area contributed by atoms with Crippen LogP contribution in [0.15, 0.2) is 36.7 Å². The minimum Gasteiger partial charge on any atom is -0.484 e. The highest BCUT2D eigenvalue weighted by molar-refractivity contribution is 5.78. The van der Waals surface area contributed by atoms with Gasteiger partial charge in [-0.3, -0.25) is 4.79 Å². The van der Waals surface area contributed by atoms with Gasteiger partial charge in [0.1, 0.15) is 12.1 Å². The van der Waals surface area contributed by atoms with Crippen molar-refractivity contribution in [2.75, 3.05) is 13.2 Å². The zero-order valence-corrected chi connectivity index (χ0v) is 15.7. The van der Waals surface area contributed by atoms with Crippen LogP contribution in [0.4, 0.5) is 13.2 Å². The molecule has 1 aliphatic rings. The third-order valence-electron chi connectivity index (χ3n) is 4.55. The summed E-state index contributed by atoms with van der Waals surface area (Å²) in [6.45, 7) is 2.02. The van der Waals surface area contributed by atoms with E-state index in [9.17, 15) is 22.8 Å². The summed E-state index contributed by atoms with van der Waals surface area (Å²) in [4.78, 5) is 34.0. The highest BCUT2D eigenvalue weighted by Gasteiger charge is 2.43. The first-order valence-corrected chi connectivity index (χ1v) is 9.14. The van der Waals surface area contributed by atoms with Crippen molar-refractivity contribution in [1.82, 2.24) is 14.6 Å². The fourth-order valence-corrected chi connectivity index (χ4v) is 3.25. The Morgan fingerprint density at radius 1 is 1.24 bits per heavy atom. The van der Waals surface area contributed by atoms with Crippen molar-refractivity contribution >= 4 is 11.9 Å². The standard InChI is InChI=1S/C19H20F3N3O4/c1-2-6-14-17-15(25(12-23-17)29-18(27)19(20,21)22)9-10-24(14)16(26)11-28-13-7-4-3-5-8-13/h3-5,7-8,12,14H,2,6,9-11H2,1H3. The lowest BCUT2D eigenvalue weighted by Crippen LogP contribution is -2.43. The summed E-state index contributed by atoms with van der Waals surface area (Å²) >= 11 is 0. The molecule has 0 spiro atoms. The zero-order chi connectivity index (χ0) is 21.0. The second-order valence-electron chi connectivity index (χ2n) is 6.52. The van der Waals surface area contributed by atoms with E-state index in [1.54, 1.807) is 29.2 Å². The molecule has 1 atom stereocenters. The van der Waals surface area contributed by atoms with Crippen molar-refractivity contribution in [2.24, 2.45) is 0 Å². The third kappa shape index (κ3) is 4.69. The van der Waals surface area contributed by atoms with Gasteiger partial charge in [-0.25, -0.2) is 9.78 Å². The molecule has 10 heteroatoms. The maximum absolute atomic E-state index is 12.7. The number of para-hydroxylation sites is 1. The number of carbonyl (C=O) groups excluding carboxylic acids is 2. The first-order chi connectivity index (χ1) is 13.8. The van der Waals surface area contributed by atoms with Crippen LogP contribution in [-0.4, -0.2) is 45.8 Å². The number of benzene rings is 1. The lowest BCUT2D eigenvalue weighted by Gasteiger charge is -2.35. The van der Waals surface area contributed by atoms with Gasteiger partial charge in [0.2, 0.25) is 0 Å². The van der Waals surface area contributed by atoms with Crippen LogP contribution in [0.3, 0.4) is 0 Å². The Morgan fingerprint density at radius 3 is 2.62 bits per heavy atom. The van der Waals surface area contributed by atoms with Crippen LogP contribution in [0.25, 0.3) is 0 Å². The number of fused-ring (bicyclic) bond motifs is 1. The fraction of sp³-hybridized carbons (Fsp3) is 0.421. The molecule has 1 amide bonds. The first-order valence-electron chi connectivity index (χ1n) is 9.14. The molecule has 1 aromatic carbocycles. The molecule has 0 aliphatic carbocycles. The van der Waals surface area contributed by atoms with Gasteiger partial charge in [-0.05, 0) is 18.6 Å². The van der Waals surface area contributed by atoms with Gasteiger partial charge in [0.15, 0.2) is 6.61 Å². The Labute approximate surface area is 165 Å². The maximum Gasteiger partial charge on any atom is 0.493 e. The van der Waals surface area contributed by atoms with E-state index in [0.717, 1.165) is 17.5 Å². The van der Waals surface area contributed by atoms with Crippen LogP contribution in [0, 0.1) is 0 Å². The van der Waals surface area contributed by atoms with Crippen LogP contribution in [0.5, 0.6) is 5.75 Å². The molecule has 1 unspecified atom stereocenters. The molecule has 0 N–H and O–H groups in total. The van der Waals surface area contributed by atoms with Crippen LogP contribution >= 0.6 is 0 Å². The number of aromatic nitrogens is 2. The van der Waals surface area contributed by atoms with Crippen LogP contribution in [-0.2, 0) is 16.0 Å². The number of imidazole rings is 1. The first kappa shape index (κ1) is 20.7. The summed E-state index contributed by atoms with van der Waals surface area (Å²) in [6, 6.07) is 8.47. The number of amides is 1. The van der Waals surface area contributed by atoms with Gasteiger partial charge < -0.3 is 14.5 Å². The van der Waals surface area contributed by atoms with Crippen LogP contribution < -0.4 is 9.57 Å². The SMILES string of the molecule is CCCC1c2ncn(OC(=O)C(F)(F)F)c2CCN1C(=O)COc1ccccc1. The van der Waals surface area contributed by atoms with Crippen LogP contribution in [0.2, 0.25) is 0 Å². The van der Waals surface area contributed by atoms with Gasteiger partial charge in [0, 0.05) is 13.0 Å². The second-order valence-corrected chi connectivity index (χ2v) is 6.52. The van der Waals surface area contributed by atoms with E-state index in [1.165, 1.54) is 0 Å². The van der Waals surface area contributed by atoms with Gasteiger partial charge in [0.05, 0.1) is 17.4 Å². The average molecular weight is 411 g/mol. The number of rotatable bonds is 6. The predicted molar refractivity (Wildman–Crippen MR) is 94.9 cm³/mol. The molecule has 3 rings (SSSR count). The van der Waals surface area contributed by atoms with Gasteiger partial charge in [-0.15, -0.1) is 0 Å². The number of ether oxygens (including phenoxy) is 1. The maximum atomic E-state index is 12.7. The molecule has 7 nitrogen and oxygen atoms in total. The molecule has 2 heterocycles. The highest BCUT2D eigenvalue weighted by atomic mass is 19.4. The molecule has 0 fully saturated rings. The lowest BCUT2D eigenvalue weighted by molar-refractivity contribution is -0.200. The van der Waals surface area contributed by atoms with E-state index in [-0.39, 0.29) is 25.5 Å². The summed E-state index contributed by atoms with van der Waals surface area (Å²) in [7, 11) is 0. The van der Waals surface area contributed by atoms with E-state index in [4.69, 9.17) is 4.74 Å². The van der Waals surface area contributed by atoms with E-state index in [1.807, 2.05) is 13.0 Å². The Bertz CT molecular complexity index is 867. The van der Waals surface area contributed by atoms with Crippen molar-refractivity contribution < 1.29 is 32.3 Å².